The second kappa shape index (κ2) is 5.01. The van der Waals surface area contributed by atoms with Gasteiger partial charge in [0.25, 0.3) is 0 Å². The molecule has 1 heterocycles. The number of terminal acetylenes is 1. The van der Waals surface area contributed by atoms with Crippen molar-refractivity contribution in [3.05, 3.63) is 23.0 Å². The lowest BCUT2D eigenvalue weighted by Gasteiger charge is -2.10. The van der Waals surface area contributed by atoms with E-state index in [1.807, 2.05) is 13.0 Å². The number of rotatable bonds is 2. The Labute approximate surface area is 101 Å². The maximum Gasteiger partial charge on any atom is 0.181 e. The van der Waals surface area contributed by atoms with Crippen molar-refractivity contribution in [1.29, 1.82) is 0 Å². The number of carbonyl (C=O) groups excluding carboxylic acids is 1. The van der Waals surface area contributed by atoms with E-state index in [1.165, 1.54) is 0 Å². The summed E-state index contributed by atoms with van der Waals surface area (Å²) in [5, 5.41) is 0. The second-order valence-electron chi connectivity index (χ2n) is 4.20. The fraction of sp³-hybridized carbons (Fsp3) is 0.429. The topological polar surface area (TPSA) is 39.2 Å². The first-order valence-corrected chi connectivity index (χ1v) is 5.82. The fourth-order valence-corrected chi connectivity index (χ4v) is 2.04. The largest absolute Gasteiger partial charge is 0.479 e. The number of hydrogen-bond donors (Lipinski definition) is 0. The first-order chi connectivity index (χ1) is 8.22. The Morgan fingerprint density at radius 3 is 3.00 bits per heavy atom. The van der Waals surface area contributed by atoms with Crippen LogP contribution < -0.4 is 4.74 Å². The van der Waals surface area contributed by atoms with Gasteiger partial charge in [0.1, 0.15) is 18.1 Å². The van der Waals surface area contributed by atoms with Crippen molar-refractivity contribution < 1.29 is 9.53 Å². The van der Waals surface area contributed by atoms with E-state index in [1.54, 1.807) is 0 Å². The van der Waals surface area contributed by atoms with Crippen molar-refractivity contribution in [2.45, 2.75) is 32.6 Å². The van der Waals surface area contributed by atoms with Gasteiger partial charge in [-0.3, -0.25) is 4.79 Å². The summed E-state index contributed by atoms with van der Waals surface area (Å²) in [4.78, 5) is 16.2. The van der Waals surface area contributed by atoms with Crippen molar-refractivity contribution >= 4 is 5.78 Å². The highest BCUT2D eigenvalue weighted by Crippen LogP contribution is 2.25. The molecule has 3 nitrogen and oxygen atoms in total. The van der Waals surface area contributed by atoms with Crippen molar-refractivity contribution in [2.75, 3.05) is 6.61 Å². The van der Waals surface area contributed by atoms with Gasteiger partial charge >= 0.3 is 0 Å². The van der Waals surface area contributed by atoms with Gasteiger partial charge in [-0.1, -0.05) is 5.92 Å². The van der Waals surface area contributed by atoms with E-state index in [-0.39, 0.29) is 12.4 Å². The zero-order valence-corrected chi connectivity index (χ0v) is 9.95. The molecule has 0 aliphatic heterocycles. The van der Waals surface area contributed by atoms with Gasteiger partial charge < -0.3 is 4.74 Å². The molecule has 0 amide bonds. The van der Waals surface area contributed by atoms with Crippen molar-refractivity contribution in [1.82, 2.24) is 4.98 Å². The summed E-state index contributed by atoms with van der Waals surface area (Å²) in [6.45, 7) is 2.07. The highest BCUT2D eigenvalue weighted by Gasteiger charge is 2.19. The van der Waals surface area contributed by atoms with Crippen LogP contribution in [0.3, 0.4) is 0 Å². The minimum Gasteiger partial charge on any atom is -0.479 e. The van der Waals surface area contributed by atoms with Gasteiger partial charge in [-0.2, -0.15) is 0 Å². The highest BCUT2D eigenvalue weighted by molar-refractivity contribution is 5.96. The predicted molar refractivity (Wildman–Crippen MR) is 65.2 cm³/mol. The number of carbonyl (C=O) groups is 1. The molecule has 17 heavy (non-hydrogen) atoms. The van der Waals surface area contributed by atoms with Gasteiger partial charge in [-0.15, -0.1) is 6.42 Å². The van der Waals surface area contributed by atoms with E-state index in [9.17, 15) is 4.79 Å². The maximum atomic E-state index is 11.8. The zero-order valence-electron chi connectivity index (χ0n) is 9.95. The van der Waals surface area contributed by atoms with E-state index < -0.39 is 0 Å². The molecule has 3 heteroatoms. The average Bonchev–Trinajstić information content (AvgIpc) is 2.49. The van der Waals surface area contributed by atoms with Gasteiger partial charge in [-0.05, 0) is 37.8 Å². The number of Topliss-reactive ketones (excluding diaryl/α,β-unsaturated/α-hetero) is 1. The minimum absolute atomic E-state index is 0.143. The number of nitrogens with zero attached hydrogens (tertiary/aromatic N) is 1. The lowest BCUT2D eigenvalue weighted by Crippen LogP contribution is -2.07. The number of fused-ring (bicyclic) bond motifs is 1. The monoisotopic (exact) mass is 229 g/mol. The molecule has 0 saturated heterocycles. The Bertz CT molecular complexity index is 486. The molecule has 1 aromatic rings. The molecule has 0 atom stereocenters. The van der Waals surface area contributed by atoms with Crippen molar-refractivity contribution in [3.8, 4) is 18.1 Å². The molecule has 0 fully saturated rings. The lowest BCUT2D eigenvalue weighted by atomic mass is 10.1. The van der Waals surface area contributed by atoms with Crippen LogP contribution in [-0.2, 0) is 6.42 Å². The van der Waals surface area contributed by atoms with Gasteiger partial charge in [0, 0.05) is 6.42 Å². The Hall–Kier alpha value is -1.82. The number of ether oxygens (including phenoxy) is 1. The summed E-state index contributed by atoms with van der Waals surface area (Å²) in [5.41, 5.74) is 2.34. The smallest absolute Gasteiger partial charge is 0.181 e. The van der Waals surface area contributed by atoms with Gasteiger partial charge in [-0.25, -0.2) is 4.98 Å². The molecule has 0 bridgehead atoms. The molecule has 88 valence electrons. The molecule has 0 saturated carbocycles. The molecule has 2 rings (SSSR count). The summed E-state index contributed by atoms with van der Waals surface area (Å²) >= 11 is 0. The van der Waals surface area contributed by atoms with E-state index in [0.717, 1.165) is 30.5 Å². The normalized spacial score (nSPS) is 14.7. The van der Waals surface area contributed by atoms with Crippen LogP contribution in [-0.4, -0.2) is 17.4 Å². The molecule has 0 radical (unpaired) electrons. The predicted octanol–water partition coefficient (Wildman–Crippen LogP) is 2.31. The molecule has 0 N–H and O–H groups in total. The second-order valence-corrected chi connectivity index (χ2v) is 4.20. The molecule has 1 aliphatic rings. The Balaban J connectivity index is 2.38. The van der Waals surface area contributed by atoms with Gasteiger partial charge in [0.2, 0.25) is 0 Å². The minimum atomic E-state index is 0.143. The number of ketones is 1. The summed E-state index contributed by atoms with van der Waals surface area (Å²) in [5.74, 6) is 3.26. The Morgan fingerprint density at radius 2 is 2.24 bits per heavy atom. The standard InChI is InChI=1S/C14H15NO2/c1-3-8-17-13-9-11-6-4-5-7-12(16)14(11)15-10(13)2/h1,9H,4-8H2,2H3. The zero-order chi connectivity index (χ0) is 12.3. The van der Waals surface area contributed by atoms with Crippen molar-refractivity contribution in [2.24, 2.45) is 0 Å². The Kier molecular flexibility index (Phi) is 3.43. The van der Waals surface area contributed by atoms with Gasteiger partial charge in [0.15, 0.2) is 5.78 Å². The van der Waals surface area contributed by atoms with Crippen LogP contribution in [0.4, 0.5) is 0 Å². The quantitative estimate of drug-likeness (QED) is 0.577. The van der Waals surface area contributed by atoms with Crippen LogP contribution in [0.15, 0.2) is 6.07 Å². The summed E-state index contributed by atoms with van der Waals surface area (Å²) in [6.07, 6.45) is 8.62. The third-order valence-electron chi connectivity index (χ3n) is 2.92. The molecule has 1 aromatic heterocycles. The van der Waals surface area contributed by atoms with Crippen LogP contribution in [0.25, 0.3) is 0 Å². The van der Waals surface area contributed by atoms with Crippen LogP contribution in [0, 0.1) is 19.3 Å². The maximum absolute atomic E-state index is 11.8. The molecule has 0 spiro atoms. The third-order valence-corrected chi connectivity index (χ3v) is 2.92. The van der Waals surface area contributed by atoms with E-state index >= 15 is 0 Å². The summed E-state index contributed by atoms with van der Waals surface area (Å²) in [7, 11) is 0. The number of aromatic nitrogens is 1. The average molecular weight is 229 g/mol. The lowest BCUT2D eigenvalue weighted by molar-refractivity contribution is 0.0977. The first kappa shape index (κ1) is 11.7. The fourth-order valence-electron chi connectivity index (χ4n) is 2.04. The van der Waals surface area contributed by atoms with Crippen molar-refractivity contribution in [3.63, 3.8) is 0 Å². The van der Waals surface area contributed by atoms with Crippen LogP contribution in [0.2, 0.25) is 0 Å². The SMILES string of the molecule is C#CCOc1cc2c(nc1C)C(=O)CCCC2. The number of hydrogen-bond acceptors (Lipinski definition) is 3. The highest BCUT2D eigenvalue weighted by atomic mass is 16.5. The molecule has 0 aromatic carbocycles. The summed E-state index contributed by atoms with van der Waals surface area (Å²) < 4.78 is 5.42. The van der Waals surface area contributed by atoms with Crippen LogP contribution >= 0.6 is 0 Å². The molecule has 1 aliphatic carbocycles. The molecular formula is C14H15NO2. The summed E-state index contributed by atoms with van der Waals surface area (Å²) in [6, 6.07) is 1.91. The first-order valence-electron chi connectivity index (χ1n) is 5.82. The van der Waals surface area contributed by atoms with E-state index in [4.69, 9.17) is 11.2 Å². The number of aryl methyl sites for hydroxylation is 2. The van der Waals surface area contributed by atoms with Gasteiger partial charge in [0.05, 0.1) is 5.69 Å². The van der Waals surface area contributed by atoms with Crippen LogP contribution in [0.1, 0.15) is 41.0 Å². The Morgan fingerprint density at radius 1 is 1.47 bits per heavy atom. The van der Waals surface area contributed by atoms with Crippen LogP contribution in [0.5, 0.6) is 5.75 Å². The molecular weight excluding hydrogens is 214 g/mol. The van der Waals surface area contributed by atoms with E-state index in [0.29, 0.717) is 17.9 Å². The number of pyridine rings is 1. The van der Waals surface area contributed by atoms with E-state index in [2.05, 4.69) is 10.9 Å². The third kappa shape index (κ3) is 2.47. The molecule has 0 unspecified atom stereocenters.